The SMILES string of the molecule is CCCN1C(C)CCNCC1(C)C. The Hall–Kier alpha value is -0.0800. The molecule has 1 atom stereocenters. The first-order chi connectivity index (χ1) is 6.08. The molecule has 13 heavy (non-hydrogen) atoms. The predicted molar refractivity (Wildman–Crippen MR) is 58.0 cm³/mol. The van der Waals surface area contributed by atoms with Gasteiger partial charge in [0.2, 0.25) is 0 Å². The fourth-order valence-electron chi connectivity index (χ4n) is 2.32. The molecule has 0 aliphatic carbocycles. The highest BCUT2D eigenvalue weighted by Crippen LogP contribution is 2.21. The first-order valence-electron chi connectivity index (χ1n) is 5.55. The van der Waals surface area contributed by atoms with Crippen LogP contribution in [0.15, 0.2) is 0 Å². The standard InChI is InChI=1S/C11H24N2/c1-5-8-13-10(2)6-7-12-9-11(13,3)4/h10,12H,5-9H2,1-4H3. The minimum Gasteiger partial charge on any atom is -0.315 e. The van der Waals surface area contributed by atoms with Crippen molar-refractivity contribution in [2.45, 2.75) is 52.1 Å². The lowest BCUT2D eigenvalue weighted by Crippen LogP contribution is -2.51. The van der Waals surface area contributed by atoms with Gasteiger partial charge in [-0.3, -0.25) is 4.90 Å². The molecule has 0 spiro atoms. The van der Waals surface area contributed by atoms with Gasteiger partial charge in [0.25, 0.3) is 0 Å². The predicted octanol–water partition coefficient (Wildman–Crippen LogP) is 1.86. The van der Waals surface area contributed by atoms with Crippen LogP contribution in [0.5, 0.6) is 0 Å². The minimum absolute atomic E-state index is 0.325. The lowest BCUT2D eigenvalue weighted by atomic mass is 10.0. The molecule has 1 N–H and O–H groups in total. The van der Waals surface area contributed by atoms with Crippen molar-refractivity contribution in [3.05, 3.63) is 0 Å². The van der Waals surface area contributed by atoms with Crippen LogP contribution in [0.4, 0.5) is 0 Å². The molecule has 2 heteroatoms. The molecule has 0 aromatic rings. The van der Waals surface area contributed by atoms with Crippen molar-refractivity contribution in [2.24, 2.45) is 0 Å². The second-order valence-corrected chi connectivity index (χ2v) is 4.82. The Labute approximate surface area is 82.7 Å². The summed E-state index contributed by atoms with van der Waals surface area (Å²) >= 11 is 0. The Morgan fingerprint density at radius 1 is 1.46 bits per heavy atom. The summed E-state index contributed by atoms with van der Waals surface area (Å²) in [6.45, 7) is 12.8. The van der Waals surface area contributed by atoms with E-state index < -0.39 is 0 Å². The van der Waals surface area contributed by atoms with Crippen molar-refractivity contribution in [1.29, 1.82) is 0 Å². The van der Waals surface area contributed by atoms with E-state index >= 15 is 0 Å². The van der Waals surface area contributed by atoms with E-state index in [4.69, 9.17) is 0 Å². The Morgan fingerprint density at radius 2 is 2.15 bits per heavy atom. The van der Waals surface area contributed by atoms with Crippen LogP contribution in [-0.2, 0) is 0 Å². The molecular weight excluding hydrogens is 160 g/mol. The maximum absolute atomic E-state index is 3.51. The highest BCUT2D eigenvalue weighted by molar-refractivity contribution is 4.89. The van der Waals surface area contributed by atoms with Crippen molar-refractivity contribution in [1.82, 2.24) is 10.2 Å². The molecule has 78 valence electrons. The number of hydrogen-bond donors (Lipinski definition) is 1. The van der Waals surface area contributed by atoms with Crippen molar-refractivity contribution >= 4 is 0 Å². The van der Waals surface area contributed by atoms with E-state index in [9.17, 15) is 0 Å². The van der Waals surface area contributed by atoms with Gasteiger partial charge in [-0.25, -0.2) is 0 Å². The van der Waals surface area contributed by atoms with E-state index in [0.29, 0.717) is 5.54 Å². The zero-order valence-corrected chi connectivity index (χ0v) is 9.56. The summed E-state index contributed by atoms with van der Waals surface area (Å²) in [6, 6.07) is 0.727. The Morgan fingerprint density at radius 3 is 2.77 bits per heavy atom. The van der Waals surface area contributed by atoms with E-state index in [2.05, 4.69) is 37.9 Å². The van der Waals surface area contributed by atoms with Gasteiger partial charge in [-0.1, -0.05) is 6.92 Å². The molecule has 0 amide bonds. The second-order valence-electron chi connectivity index (χ2n) is 4.82. The zero-order chi connectivity index (χ0) is 9.90. The maximum atomic E-state index is 3.51. The maximum Gasteiger partial charge on any atom is 0.0280 e. The number of rotatable bonds is 2. The van der Waals surface area contributed by atoms with Crippen molar-refractivity contribution in [3.63, 3.8) is 0 Å². The van der Waals surface area contributed by atoms with Gasteiger partial charge in [0.15, 0.2) is 0 Å². The first kappa shape index (κ1) is 11.0. The lowest BCUT2D eigenvalue weighted by molar-refractivity contribution is 0.0888. The third-order valence-electron chi connectivity index (χ3n) is 3.07. The molecular formula is C11H24N2. The van der Waals surface area contributed by atoms with Gasteiger partial charge in [-0.05, 0) is 46.7 Å². The molecule has 1 heterocycles. The van der Waals surface area contributed by atoms with E-state index in [1.54, 1.807) is 0 Å². The lowest BCUT2D eigenvalue weighted by Gasteiger charge is -2.40. The Kier molecular flexibility index (Phi) is 3.74. The van der Waals surface area contributed by atoms with Gasteiger partial charge >= 0.3 is 0 Å². The third kappa shape index (κ3) is 2.68. The van der Waals surface area contributed by atoms with Crippen LogP contribution in [0.3, 0.4) is 0 Å². The fourth-order valence-corrected chi connectivity index (χ4v) is 2.32. The fraction of sp³-hybridized carbons (Fsp3) is 1.00. The summed E-state index contributed by atoms with van der Waals surface area (Å²) < 4.78 is 0. The number of nitrogens with zero attached hydrogens (tertiary/aromatic N) is 1. The molecule has 0 aromatic carbocycles. The zero-order valence-electron chi connectivity index (χ0n) is 9.56. The van der Waals surface area contributed by atoms with Crippen LogP contribution in [0, 0.1) is 0 Å². The van der Waals surface area contributed by atoms with Crippen LogP contribution < -0.4 is 5.32 Å². The van der Waals surface area contributed by atoms with Gasteiger partial charge in [-0.15, -0.1) is 0 Å². The van der Waals surface area contributed by atoms with Crippen molar-refractivity contribution < 1.29 is 0 Å². The molecule has 0 saturated carbocycles. The summed E-state index contributed by atoms with van der Waals surface area (Å²) in [7, 11) is 0. The topological polar surface area (TPSA) is 15.3 Å². The summed E-state index contributed by atoms with van der Waals surface area (Å²) in [5.41, 5.74) is 0.325. The Bertz CT molecular complexity index is 154. The second kappa shape index (κ2) is 4.43. The van der Waals surface area contributed by atoms with Crippen molar-refractivity contribution in [2.75, 3.05) is 19.6 Å². The third-order valence-corrected chi connectivity index (χ3v) is 3.07. The van der Waals surface area contributed by atoms with Crippen LogP contribution in [-0.4, -0.2) is 36.1 Å². The minimum atomic E-state index is 0.325. The van der Waals surface area contributed by atoms with Crippen LogP contribution in [0.25, 0.3) is 0 Å². The largest absolute Gasteiger partial charge is 0.315 e. The molecule has 1 saturated heterocycles. The molecule has 1 fully saturated rings. The van der Waals surface area contributed by atoms with Gasteiger partial charge in [-0.2, -0.15) is 0 Å². The average Bonchev–Trinajstić information content (AvgIpc) is 2.17. The molecule has 1 rings (SSSR count). The molecule has 0 bridgehead atoms. The smallest absolute Gasteiger partial charge is 0.0280 e. The first-order valence-corrected chi connectivity index (χ1v) is 5.55. The van der Waals surface area contributed by atoms with Gasteiger partial charge in [0.1, 0.15) is 0 Å². The quantitative estimate of drug-likeness (QED) is 0.704. The van der Waals surface area contributed by atoms with E-state index in [-0.39, 0.29) is 0 Å². The van der Waals surface area contributed by atoms with E-state index in [0.717, 1.165) is 12.6 Å². The molecule has 1 aliphatic rings. The van der Waals surface area contributed by atoms with Crippen LogP contribution in [0.2, 0.25) is 0 Å². The van der Waals surface area contributed by atoms with Crippen LogP contribution in [0.1, 0.15) is 40.5 Å². The van der Waals surface area contributed by atoms with Gasteiger partial charge in [0.05, 0.1) is 0 Å². The molecule has 0 radical (unpaired) electrons. The molecule has 0 aromatic heterocycles. The Balaban J connectivity index is 2.67. The molecule has 1 unspecified atom stereocenters. The molecule has 2 nitrogen and oxygen atoms in total. The van der Waals surface area contributed by atoms with Crippen LogP contribution >= 0.6 is 0 Å². The molecule has 1 aliphatic heterocycles. The summed E-state index contributed by atoms with van der Waals surface area (Å²) in [5.74, 6) is 0. The van der Waals surface area contributed by atoms with Gasteiger partial charge < -0.3 is 5.32 Å². The summed E-state index contributed by atoms with van der Waals surface area (Å²) in [4.78, 5) is 2.65. The summed E-state index contributed by atoms with van der Waals surface area (Å²) in [6.07, 6.45) is 2.54. The summed E-state index contributed by atoms with van der Waals surface area (Å²) in [5, 5.41) is 3.51. The number of hydrogen-bond acceptors (Lipinski definition) is 2. The average molecular weight is 184 g/mol. The number of nitrogens with one attached hydrogen (secondary N) is 1. The monoisotopic (exact) mass is 184 g/mol. The van der Waals surface area contributed by atoms with Gasteiger partial charge in [0, 0.05) is 18.1 Å². The normalized spacial score (nSPS) is 30.0. The highest BCUT2D eigenvalue weighted by atomic mass is 15.2. The highest BCUT2D eigenvalue weighted by Gasteiger charge is 2.31. The van der Waals surface area contributed by atoms with Crippen molar-refractivity contribution in [3.8, 4) is 0 Å². The van der Waals surface area contributed by atoms with E-state index in [1.807, 2.05) is 0 Å². The van der Waals surface area contributed by atoms with E-state index in [1.165, 1.54) is 25.9 Å².